The average Bonchev–Trinajstić information content (AvgIpc) is 2.96. The van der Waals surface area contributed by atoms with Crippen LogP contribution in [0.25, 0.3) is 11.3 Å². The molecule has 0 saturated carbocycles. The van der Waals surface area contributed by atoms with Crippen molar-refractivity contribution in [3.8, 4) is 17.0 Å². The molecule has 0 radical (unpaired) electrons. The molecule has 14 heteroatoms. The first-order chi connectivity index (χ1) is 20.6. The highest BCUT2D eigenvalue weighted by atomic mass is 32.2. The molecule has 11 nitrogen and oxygen atoms in total. The fraction of sp³-hybridized carbons (Fsp3) is 0.207. The number of nitrogens with two attached hydrogens (primary N) is 1. The number of phenolic OH excluding ortho intramolecular Hbond substituents is 1. The van der Waals surface area contributed by atoms with E-state index in [1.807, 2.05) is 0 Å². The minimum Gasteiger partial charge on any atom is -0.612 e. The van der Waals surface area contributed by atoms with Gasteiger partial charge in [-0.05, 0) is 47.9 Å². The van der Waals surface area contributed by atoms with Crippen LogP contribution in [0.4, 0.5) is 20.3 Å². The predicted molar refractivity (Wildman–Crippen MR) is 159 cm³/mol. The van der Waals surface area contributed by atoms with Gasteiger partial charge in [0.1, 0.15) is 40.9 Å². The number of aromatic hydroxyl groups is 1. The van der Waals surface area contributed by atoms with Crippen LogP contribution in [-0.2, 0) is 25.6 Å². The molecule has 0 saturated heterocycles. The number of halogens is 2. The quantitative estimate of drug-likeness (QED) is 0.0671. The molecule has 2 aromatic carbocycles. The lowest BCUT2D eigenvalue weighted by Gasteiger charge is -2.34. The molecule has 0 fully saturated rings. The van der Waals surface area contributed by atoms with Crippen molar-refractivity contribution in [1.82, 2.24) is 15.2 Å². The van der Waals surface area contributed by atoms with Gasteiger partial charge in [0.05, 0.1) is 17.2 Å². The Hall–Kier alpha value is -4.82. The maximum atomic E-state index is 15.8. The van der Waals surface area contributed by atoms with E-state index < -0.39 is 51.8 Å². The van der Waals surface area contributed by atoms with Crippen molar-refractivity contribution in [3.63, 3.8) is 0 Å². The highest BCUT2D eigenvalue weighted by Gasteiger charge is 2.29. The first-order valence-electron chi connectivity index (χ1n) is 12.9. The van der Waals surface area contributed by atoms with Crippen LogP contribution in [0, 0.1) is 11.6 Å². The summed E-state index contributed by atoms with van der Waals surface area (Å²) in [7, 11) is 0. The Morgan fingerprint density at radius 2 is 1.95 bits per heavy atom. The van der Waals surface area contributed by atoms with E-state index in [2.05, 4.69) is 22.2 Å². The summed E-state index contributed by atoms with van der Waals surface area (Å²) in [5.74, 6) is -3.65. The smallest absolute Gasteiger partial charge is 0.219 e. The largest absolute Gasteiger partial charge is 0.612 e. The summed E-state index contributed by atoms with van der Waals surface area (Å²) < 4.78 is 43.1. The normalized spacial score (nSPS) is 12.6. The fourth-order valence-electron chi connectivity index (χ4n) is 4.33. The van der Waals surface area contributed by atoms with Crippen LogP contribution >= 0.6 is 0 Å². The van der Waals surface area contributed by atoms with Gasteiger partial charge in [0.2, 0.25) is 18.7 Å². The van der Waals surface area contributed by atoms with E-state index in [4.69, 9.17) is 10.7 Å². The van der Waals surface area contributed by atoms with Crippen LogP contribution < -0.4 is 16.4 Å². The van der Waals surface area contributed by atoms with Crippen molar-refractivity contribution >= 4 is 47.2 Å². The van der Waals surface area contributed by atoms with Crippen LogP contribution in [0.2, 0.25) is 0 Å². The third-order valence-corrected chi connectivity index (χ3v) is 7.17. The Labute approximate surface area is 249 Å². The second-order valence-corrected chi connectivity index (χ2v) is 10.4. The van der Waals surface area contributed by atoms with Gasteiger partial charge in [-0.25, -0.2) is 18.8 Å². The number of hydrogen-bond acceptors (Lipinski definition) is 7. The zero-order valence-corrected chi connectivity index (χ0v) is 23.9. The van der Waals surface area contributed by atoms with Crippen LogP contribution in [0.15, 0.2) is 71.1 Å². The lowest BCUT2D eigenvalue weighted by molar-refractivity contribution is -0.119. The van der Waals surface area contributed by atoms with Crippen LogP contribution in [-0.4, -0.2) is 69.5 Å². The summed E-state index contributed by atoms with van der Waals surface area (Å²) in [5.41, 5.74) is 4.52. The molecule has 3 amide bonds. The number of carbonyl (C=O) groups excluding carboxylic acids is 3. The van der Waals surface area contributed by atoms with Gasteiger partial charge < -0.3 is 30.9 Å². The SMILES string of the molecule is C=CCCN(/C(=N/c1ccccc1[S+](C)[O-])c1cc(F)c(-c2c(O)cccc2F)nc1NC=O)C(CNC=O)CC(N)=O. The third kappa shape index (κ3) is 8.14. The number of primary amides is 1. The molecule has 0 aliphatic carbocycles. The molecular weight excluding hydrogens is 582 g/mol. The summed E-state index contributed by atoms with van der Waals surface area (Å²) >= 11 is -1.51. The molecule has 43 heavy (non-hydrogen) atoms. The lowest BCUT2D eigenvalue weighted by atomic mass is 10.0. The molecule has 3 aromatic rings. The molecule has 5 N–H and O–H groups in total. The van der Waals surface area contributed by atoms with E-state index in [-0.39, 0.29) is 48.8 Å². The monoisotopic (exact) mass is 612 g/mol. The fourth-order valence-corrected chi connectivity index (χ4v) is 5.01. The second-order valence-electron chi connectivity index (χ2n) is 9.09. The number of amidine groups is 1. The van der Waals surface area contributed by atoms with Gasteiger partial charge in [-0.3, -0.25) is 14.4 Å². The van der Waals surface area contributed by atoms with E-state index in [0.717, 1.165) is 18.2 Å². The number of aromatic nitrogens is 1. The standard InChI is InChI=1S/C29H30F2N6O5S/c1-3-4-12-37(18(13-25(32)41)15-33-16-38)29(35-22-9-5-6-11-24(22)43(2)42)19-14-21(31)27(36-28(19)34-17-39)26-20(30)8-7-10-23(26)40/h3,5-11,14,16-18,40H,1,4,12-13,15H2,2H3,(H2,32,41)(H,33,38)(H,34,36,39)/b35-29+. The summed E-state index contributed by atoms with van der Waals surface area (Å²) in [5, 5.41) is 15.2. The Morgan fingerprint density at radius 3 is 2.58 bits per heavy atom. The first kappa shape index (κ1) is 32.7. The third-order valence-electron chi connectivity index (χ3n) is 6.20. The second kappa shape index (κ2) is 15.4. The topological polar surface area (TPSA) is 173 Å². The summed E-state index contributed by atoms with van der Waals surface area (Å²) in [6.45, 7) is 3.77. The molecule has 0 bridgehead atoms. The molecule has 0 spiro atoms. The number of pyridine rings is 1. The Bertz CT molecular complexity index is 1500. The number of anilines is 1. The molecule has 2 unspecified atom stereocenters. The van der Waals surface area contributed by atoms with E-state index in [1.165, 1.54) is 12.3 Å². The van der Waals surface area contributed by atoms with Crippen molar-refractivity contribution in [2.75, 3.05) is 24.7 Å². The van der Waals surface area contributed by atoms with Gasteiger partial charge in [-0.15, -0.1) is 6.58 Å². The summed E-state index contributed by atoms with van der Waals surface area (Å²) in [6.07, 6.45) is 3.79. The number of carbonyl (C=O) groups is 3. The van der Waals surface area contributed by atoms with Gasteiger partial charge >= 0.3 is 0 Å². The molecule has 1 aromatic heterocycles. The first-order valence-corrected chi connectivity index (χ1v) is 14.4. The minimum absolute atomic E-state index is 0.0428. The Kier molecular flexibility index (Phi) is 11.7. The average molecular weight is 613 g/mol. The molecule has 0 aliphatic heterocycles. The van der Waals surface area contributed by atoms with Crippen molar-refractivity contribution in [1.29, 1.82) is 0 Å². The number of para-hydroxylation sites is 1. The van der Waals surface area contributed by atoms with Crippen LogP contribution in [0.3, 0.4) is 0 Å². The van der Waals surface area contributed by atoms with Crippen LogP contribution in [0.1, 0.15) is 18.4 Å². The number of nitrogens with zero attached hydrogens (tertiary/aromatic N) is 3. The number of amides is 3. The molecule has 0 aliphatic rings. The number of hydrogen-bond donors (Lipinski definition) is 4. The Morgan fingerprint density at radius 1 is 1.21 bits per heavy atom. The zero-order valence-electron chi connectivity index (χ0n) is 23.1. The minimum atomic E-state index is -1.51. The van der Waals surface area contributed by atoms with Crippen LogP contribution in [0.5, 0.6) is 5.75 Å². The Balaban J connectivity index is 2.41. The predicted octanol–water partition coefficient (Wildman–Crippen LogP) is 2.98. The van der Waals surface area contributed by atoms with E-state index >= 15 is 4.39 Å². The van der Waals surface area contributed by atoms with E-state index in [9.17, 15) is 28.4 Å². The molecule has 3 rings (SSSR count). The summed E-state index contributed by atoms with van der Waals surface area (Å²) in [4.78, 5) is 45.8. The number of benzene rings is 2. The lowest BCUT2D eigenvalue weighted by Crippen LogP contribution is -2.48. The van der Waals surface area contributed by atoms with E-state index in [1.54, 1.807) is 35.2 Å². The number of nitrogens with one attached hydrogen (secondary N) is 2. The van der Waals surface area contributed by atoms with E-state index in [0.29, 0.717) is 17.7 Å². The van der Waals surface area contributed by atoms with Gasteiger partial charge in [-0.2, -0.15) is 0 Å². The highest BCUT2D eigenvalue weighted by Crippen LogP contribution is 2.35. The number of phenols is 1. The highest BCUT2D eigenvalue weighted by molar-refractivity contribution is 7.90. The van der Waals surface area contributed by atoms with Gasteiger partial charge in [0.15, 0.2) is 10.7 Å². The van der Waals surface area contributed by atoms with Gasteiger partial charge in [0, 0.05) is 19.5 Å². The zero-order chi connectivity index (χ0) is 31.5. The summed E-state index contributed by atoms with van der Waals surface area (Å²) in [6, 6.07) is 9.96. The molecule has 1 heterocycles. The number of rotatable bonds is 15. The van der Waals surface area contributed by atoms with Gasteiger partial charge in [-0.1, -0.05) is 24.3 Å². The van der Waals surface area contributed by atoms with Crippen molar-refractivity contribution in [2.45, 2.75) is 23.8 Å². The molecular formula is C29H30F2N6O5S. The maximum Gasteiger partial charge on any atom is 0.219 e. The molecule has 2 atom stereocenters. The van der Waals surface area contributed by atoms with Crippen molar-refractivity contribution < 1.29 is 32.8 Å². The molecule has 226 valence electrons. The van der Waals surface area contributed by atoms with Gasteiger partial charge in [0.25, 0.3) is 0 Å². The van der Waals surface area contributed by atoms with Crippen molar-refractivity contribution in [3.05, 3.63) is 78.4 Å². The maximum absolute atomic E-state index is 15.8. The van der Waals surface area contributed by atoms with Crippen molar-refractivity contribution in [2.24, 2.45) is 10.7 Å². The number of aliphatic imine (C=N–C) groups is 1.